The van der Waals surface area contributed by atoms with E-state index in [1.807, 2.05) is 24.3 Å². The third-order valence-electron chi connectivity index (χ3n) is 5.10. The number of fused-ring (bicyclic) bond motifs is 3. The number of nitrogens with zero attached hydrogens (tertiary/aromatic N) is 1. The number of hydrogen-bond acceptors (Lipinski definition) is 3. The molecule has 2 aliphatic rings. The third-order valence-corrected chi connectivity index (χ3v) is 5.10. The van der Waals surface area contributed by atoms with Crippen LogP contribution in [0, 0.1) is 11.6 Å². The molecule has 27 heavy (non-hydrogen) atoms. The van der Waals surface area contributed by atoms with E-state index < -0.39 is 11.3 Å². The zero-order chi connectivity index (χ0) is 18.6. The number of rotatable bonds is 2. The zero-order valence-corrected chi connectivity index (χ0v) is 14.4. The Hall–Kier alpha value is -3.21. The van der Waals surface area contributed by atoms with Gasteiger partial charge in [-0.25, -0.2) is 13.8 Å². The van der Waals surface area contributed by atoms with Crippen LogP contribution < -0.4 is 4.74 Å². The van der Waals surface area contributed by atoms with Crippen molar-refractivity contribution in [3.8, 4) is 5.75 Å². The number of para-hydroxylation sites is 1. The van der Waals surface area contributed by atoms with Gasteiger partial charge < -0.3 is 9.47 Å². The first-order valence-electron chi connectivity index (χ1n) is 8.61. The average molecular weight is 363 g/mol. The predicted octanol–water partition coefficient (Wildman–Crippen LogP) is 4.90. The summed E-state index contributed by atoms with van der Waals surface area (Å²) >= 11 is 0. The number of benzene rings is 3. The van der Waals surface area contributed by atoms with Gasteiger partial charge in [0.1, 0.15) is 17.4 Å². The van der Waals surface area contributed by atoms with Crippen molar-refractivity contribution in [3.63, 3.8) is 0 Å². The Kier molecular flexibility index (Phi) is 3.20. The van der Waals surface area contributed by atoms with E-state index in [1.54, 1.807) is 31.2 Å². The van der Waals surface area contributed by atoms with E-state index in [-0.39, 0.29) is 11.6 Å². The molecule has 0 fully saturated rings. The van der Waals surface area contributed by atoms with Crippen LogP contribution in [0.1, 0.15) is 23.6 Å². The molecule has 0 spiro atoms. The van der Waals surface area contributed by atoms with Crippen LogP contribution >= 0.6 is 0 Å². The minimum absolute atomic E-state index is 0.342. The van der Waals surface area contributed by atoms with Crippen molar-refractivity contribution in [3.05, 3.63) is 101 Å². The van der Waals surface area contributed by atoms with Crippen LogP contribution in [0.4, 0.5) is 8.78 Å². The molecule has 3 aromatic rings. The van der Waals surface area contributed by atoms with Gasteiger partial charge in [-0.1, -0.05) is 30.3 Å². The Bertz CT molecular complexity index is 1060. The van der Waals surface area contributed by atoms with Gasteiger partial charge in [0, 0.05) is 23.6 Å². The Morgan fingerprint density at radius 2 is 1.33 bits per heavy atom. The summed E-state index contributed by atoms with van der Waals surface area (Å²) in [4.78, 5) is 4.72. The van der Waals surface area contributed by atoms with Crippen molar-refractivity contribution in [1.82, 2.24) is 0 Å². The summed E-state index contributed by atoms with van der Waals surface area (Å²) in [6, 6.07) is 19.7. The van der Waals surface area contributed by atoms with Gasteiger partial charge in [0.2, 0.25) is 5.60 Å². The van der Waals surface area contributed by atoms with Crippen molar-refractivity contribution < 1.29 is 18.3 Å². The van der Waals surface area contributed by atoms with Crippen LogP contribution in [0.25, 0.3) is 0 Å². The van der Waals surface area contributed by atoms with Gasteiger partial charge in [0.15, 0.2) is 5.90 Å². The molecule has 0 amide bonds. The molecule has 2 heterocycles. The molecule has 0 saturated heterocycles. The summed E-state index contributed by atoms with van der Waals surface area (Å²) in [5.41, 5.74) is -0.229. The Morgan fingerprint density at radius 3 is 2.00 bits per heavy atom. The molecule has 0 saturated carbocycles. The van der Waals surface area contributed by atoms with Crippen LogP contribution in [-0.4, -0.2) is 5.90 Å². The number of halogens is 2. The van der Waals surface area contributed by atoms with Gasteiger partial charge in [-0.2, -0.15) is 0 Å². The van der Waals surface area contributed by atoms with Crippen molar-refractivity contribution in [2.75, 3.05) is 0 Å². The first-order valence-corrected chi connectivity index (χ1v) is 8.61. The maximum absolute atomic E-state index is 13.6. The lowest BCUT2D eigenvalue weighted by molar-refractivity contribution is -0.0490. The van der Waals surface area contributed by atoms with E-state index in [0.29, 0.717) is 22.8 Å². The Balaban J connectivity index is 1.84. The molecule has 0 aliphatic carbocycles. The quantitative estimate of drug-likeness (QED) is 0.648. The average Bonchev–Trinajstić information content (AvgIpc) is 3.11. The van der Waals surface area contributed by atoms with Crippen LogP contribution in [0.3, 0.4) is 0 Å². The fourth-order valence-corrected chi connectivity index (χ4v) is 4.05. The summed E-state index contributed by atoms with van der Waals surface area (Å²) in [5, 5.41) is 0. The van der Waals surface area contributed by atoms with E-state index >= 15 is 0 Å². The molecule has 0 radical (unpaired) electrons. The summed E-state index contributed by atoms with van der Waals surface area (Å²) in [7, 11) is 0. The van der Waals surface area contributed by atoms with E-state index in [4.69, 9.17) is 14.5 Å². The summed E-state index contributed by atoms with van der Waals surface area (Å²) in [5.74, 6) is 0.378. The van der Waals surface area contributed by atoms with Gasteiger partial charge in [-0.15, -0.1) is 0 Å². The van der Waals surface area contributed by atoms with E-state index in [0.717, 1.165) is 5.56 Å². The second kappa shape index (κ2) is 5.39. The van der Waals surface area contributed by atoms with E-state index in [1.165, 1.54) is 24.3 Å². The highest BCUT2D eigenvalue weighted by atomic mass is 19.1. The lowest BCUT2D eigenvalue weighted by atomic mass is 9.76. The molecule has 5 rings (SSSR count). The van der Waals surface area contributed by atoms with Crippen LogP contribution in [0.15, 0.2) is 77.8 Å². The topological polar surface area (TPSA) is 30.8 Å². The largest absolute Gasteiger partial charge is 0.458 e. The van der Waals surface area contributed by atoms with Gasteiger partial charge >= 0.3 is 0 Å². The maximum Gasteiger partial charge on any atom is 0.277 e. The summed E-state index contributed by atoms with van der Waals surface area (Å²) < 4.78 is 39.9. The van der Waals surface area contributed by atoms with Crippen molar-refractivity contribution in [2.45, 2.75) is 18.2 Å². The highest BCUT2D eigenvalue weighted by Gasteiger charge is 2.68. The second-order valence-corrected chi connectivity index (χ2v) is 6.67. The minimum Gasteiger partial charge on any atom is -0.458 e. The zero-order valence-electron chi connectivity index (χ0n) is 14.4. The molecule has 134 valence electrons. The maximum atomic E-state index is 13.6. The summed E-state index contributed by atoms with van der Waals surface area (Å²) in [6.07, 6.45) is 0. The number of aliphatic imine (C=N–C) groups is 1. The standard InChI is InChI=1S/C22H15F2NO2/c1-14-25-22(16-8-12-18(24)13-9-16)21(26-14,15-6-10-17(23)11-7-15)19-4-2-3-5-20(19)27-22/h2-13H,1H3/t21-,22+/m0/s1. The first kappa shape index (κ1) is 16.0. The van der Waals surface area contributed by atoms with Crippen molar-refractivity contribution in [2.24, 2.45) is 4.99 Å². The predicted molar refractivity (Wildman–Crippen MR) is 96.5 cm³/mol. The van der Waals surface area contributed by atoms with E-state index in [9.17, 15) is 8.78 Å². The molecule has 0 unspecified atom stereocenters. The fourth-order valence-electron chi connectivity index (χ4n) is 4.05. The van der Waals surface area contributed by atoms with E-state index in [2.05, 4.69) is 0 Å². The molecular weight excluding hydrogens is 348 g/mol. The molecule has 2 aliphatic heterocycles. The van der Waals surface area contributed by atoms with Gasteiger partial charge in [0.25, 0.3) is 5.72 Å². The molecule has 0 bridgehead atoms. The monoisotopic (exact) mass is 363 g/mol. The third kappa shape index (κ3) is 2.02. The normalized spacial score (nSPS) is 25.2. The molecule has 0 N–H and O–H groups in total. The van der Waals surface area contributed by atoms with Crippen molar-refractivity contribution in [1.29, 1.82) is 0 Å². The highest BCUT2D eigenvalue weighted by Crippen LogP contribution is 2.61. The van der Waals surface area contributed by atoms with Gasteiger partial charge in [-0.3, -0.25) is 0 Å². The van der Waals surface area contributed by atoms with Crippen LogP contribution in [0.5, 0.6) is 5.75 Å². The lowest BCUT2D eigenvalue weighted by Gasteiger charge is -2.36. The molecule has 3 aromatic carbocycles. The lowest BCUT2D eigenvalue weighted by Crippen LogP contribution is -2.46. The molecule has 3 nitrogen and oxygen atoms in total. The molecule has 2 atom stereocenters. The van der Waals surface area contributed by atoms with Crippen LogP contribution in [-0.2, 0) is 16.1 Å². The number of ether oxygens (including phenoxy) is 2. The van der Waals surface area contributed by atoms with Crippen molar-refractivity contribution >= 4 is 5.90 Å². The highest BCUT2D eigenvalue weighted by molar-refractivity contribution is 5.79. The molecule has 0 aromatic heterocycles. The fraction of sp³-hybridized carbons (Fsp3) is 0.136. The molecule has 5 heteroatoms. The Labute approximate surface area is 154 Å². The second-order valence-electron chi connectivity index (χ2n) is 6.67. The minimum atomic E-state index is -1.26. The first-order chi connectivity index (χ1) is 13.0. The Morgan fingerprint density at radius 1 is 0.741 bits per heavy atom. The van der Waals surface area contributed by atoms with Gasteiger partial charge in [-0.05, 0) is 42.5 Å². The van der Waals surface area contributed by atoms with Crippen LogP contribution in [0.2, 0.25) is 0 Å². The number of hydrogen-bond donors (Lipinski definition) is 0. The van der Waals surface area contributed by atoms with Gasteiger partial charge in [0.05, 0.1) is 0 Å². The summed E-state index contributed by atoms with van der Waals surface area (Å²) in [6.45, 7) is 1.75. The molecular formula is C22H15F2NO2. The smallest absolute Gasteiger partial charge is 0.277 e. The SMILES string of the molecule is CC1=N[C@]2(c3ccc(F)cc3)Oc3ccccc3[C@]2(c2ccc(F)cc2)O1.